The average molecular weight is 1020 g/mol. The highest BCUT2D eigenvalue weighted by Crippen LogP contribution is 2.31. The van der Waals surface area contributed by atoms with E-state index in [0.29, 0.717) is 61.6 Å². The largest absolute Gasteiger partial charge is 0.460 e. The molecule has 0 radical (unpaired) electrons. The molecule has 2 aromatic carbocycles. The maximum absolute atomic E-state index is 12.7. The summed E-state index contributed by atoms with van der Waals surface area (Å²) in [4.78, 5) is 55.4. The average Bonchev–Trinajstić information content (AvgIpc) is 3.84. The number of pyridine rings is 2. The molecule has 23 heteroatoms. The highest BCUT2D eigenvalue weighted by atomic mass is 32.2. The number of anilines is 2. The third-order valence-electron chi connectivity index (χ3n) is 11.4. The molecule has 21 nitrogen and oxygen atoms in total. The van der Waals surface area contributed by atoms with Crippen molar-refractivity contribution in [1.29, 1.82) is 0 Å². The SMILES string of the molecule is CCCCc1nc2c(N)nc3ccccc3c2n1CCCCNC(=O)[C@@H](CC(=O)OC(C)(C)C)CS(=O)(=O)O.CCCCc1nc2c(N)nc3ccccc3c2n1CCCCNC(=O)[C@@H](N)CS(=O)(=O)O. The van der Waals surface area contributed by atoms with Gasteiger partial charge in [-0.2, -0.15) is 16.8 Å². The molecule has 71 heavy (non-hydrogen) atoms. The summed E-state index contributed by atoms with van der Waals surface area (Å²) in [5, 5.41) is 7.29. The summed E-state index contributed by atoms with van der Waals surface area (Å²) in [7, 11) is -8.77. The molecule has 10 N–H and O–H groups in total. The van der Waals surface area contributed by atoms with Gasteiger partial charge in [-0.15, -0.1) is 0 Å². The summed E-state index contributed by atoms with van der Waals surface area (Å²) in [6.45, 7) is 11.2. The Hall–Kier alpha value is -6.01. The first-order valence-corrected chi connectivity index (χ1v) is 27.2. The van der Waals surface area contributed by atoms with E-state index in [-0.39, 0.29) is 6.54 Å². The highest BCUT2D eigenvalue weighted by Gasteiger charge is 2.29. The number of nitrogens with two attached hydrogens (primary N) is 3. The number of fused-ring (bicyclic) bond motifs is 6. The molecule has 4 aromatic heterocycles. The zero-order valence-corrected chi connectivity index (χ0v) is 42.8. The second-order valence-corrected chi connectivity index (χ2v) is 21.6. The molecule has 6 rings (SSSR count). The molecule has 0 saturated heterocycles. The number of rotatable bonds is 24. The maximum Gasteiger partial charge on any atom is 0.307 e. The number of aryl methyl sites for hydroxylation is 4. The number of para-hydroxylation sites is 2. The maximum atomic E-state index is 12.7. The molecule has 0 aliphatic rings. The van der Waals surface area contributed by atoms with Crippen molar-refractivity contribution >= 4 is 93.5 Å². The Bertz CT molecular complexity index is 3040. The molecule has 0 fully saturated rings. The van der Waals surface area contributed by atoms with Gasteiger partial charge in [0.25, 0.3) is 20.2 Å². The monoisotopic (exact) mass is 1020 g/mol. The number of hydrogen-bond acceptors (Lipinski definition) is 15. The third kappa shape index (κ3) is 16.3. The van der Waals surface area contributed by atoms with Crippen LogP contribution in [-0.4, -0.2) is 109 Å². The zero-order valence-electron chi connectivity index (χ0n) is 41.2. The van der Waals surface area contributed by atoms with E-state index in [2.05, 4.69) is 43.6 Å². The molecule has 2 atom stereocenters. The van der Waals surface area contributed by atoms with Crippen molar-refractivity contribution < 1.29 is 45.1 Å². The lowest BCUT2D eigenvalue weighted by Gasteiger charge is -2.21. The number of hydrogen-bond donors (Lipinski definition) is 7. The van der Waals surface area contributed by atoms with Gasteiger partial charge >= 0.3 is 5.97 Å². The molecule has 2 amide bonds. The topological polar surface area (TPSA) is 333 Å². The first-order chi connectivity index (χ1) is 33.5. The number of aromatic nitrogens is 6. The number of amides is 2. The van der Waals surface area contributed by atoms with Crippen LogP contribution in [0, 0.1) is 5.92 Å². The van der Waals surface area contributed by atoms with Gasteiger partial charge < -0.3 is 41.7 Å². The summed E-state index contributed by atoms with van der Waals surface area (Å²) in [6, 6.07) is 14.3. The lowest BCUT2D eigenvalue weighted by Crippen LogP contribution is -2.45. The van der Waals surface area contributed by atoms with Gasteiger partial charge in [-0.25, -0.2) is 19.9 Å². The Morgan fingerprint density at radius 1 is 0.662 bits per heavy atom. The molecular weight excluding hydrogens is 955 g/mol. The molecule has 0 saturated carbocycles. The predicted octanol–water partition coefficient (Wildman–Crippen LogP) is 5.26. The van der Waals surface area contributed by atoms with Crippen molar-refractivity contribution in [3.63, 3.8) is 0 Å². The zero-order chi connectivity index (χ0) is 52.1. The summed E-state index contributed by atoms with van der Waals surface area (Å²) in [6.07, 6.45) is 7.98. The van der Waals surface area contributed by atoms with Crippen LogP contribution in [0.4, 0.5) is 11.6 Å². The predicted molar refractivity (Wildman–Crippen MR) is 275 cm³/mol. The minimum atomic E-state index is -4.47. The molecule has 0 aliphatic heterocycles. The van der Waals surface area contributed by atoms with Crippen molar-refractivity contribution in [3.8, 4) is 0 Å². The van der Waals surface area contributed by atoms with E-state index >= 15 is 0 Å². The smallest absolute Gasteiger partial charge is 0.307 e. The minimum Gasteiger partial charge on any atom is -0.460 e. The molecule has 0 unspecified atom stereocenters. The lowest BCUT2D eigenvalue weighted by molar-refractivity contribution is -0.157. The van der Waals surface area contributed by atoms with E-state index in [4.69, 9.17) is 36.5 Å². The molecule has 6 aromatic rings. The van der Waals surface area contributed by atoms with E-state index in [1.807, 2.05) is 48.5 Å². The molecule has 4 heterocycles. The van der Waals surface area contributed by atoms with Crippen molar-refractivity contribution in [3.05, 3.63) is 60.2 Å². The lowest BCUT2D eigenvalue weighted by atomic mass is 10.1. The van der Waals surface area contributed by atoms with Crippen LogP contribution in [0.25, 0.3) is 43.9 Å². The number of imidazole rings is 2. The van der Waals surface area contributed by atoms with Gasteiger partial charge in [0.05, 0.1) is 45.9 Å². The Morgan fingerprint density at radius 2 is 1.10 bits per heavy atom. The number of nitrogen functional groups attached to an aromatic ring is 2. The fraction of sp³-hybridized carbons (Fsp3) is 0.521. The van der Waals surface area contributed by atoms with Crippen LogP contribution in [0.5, 0.6) is 0 Å². The van der Waals surface area contributed by atoms with E-state index in [1.165, 1.54) is 0 Å². The first-order valence-electron chi connectivity index (χ1n) is 24.0. The third-order valence-corrected chi connectivity index (χ3v) is 13.0. The number of esters is 1. The minimum absolute atomic E-state index is 0.274. The molecule has 388 valence electrons. The molecule has 0 spiro atoms. The van der Waals surface area contributed by atoms with Crippen molar-refractivity contribution in [1.82, 2.24) is 39.7 Å². The number of nitrogens with one attached hydrogen (secondary N) is 2. The highest BCUT2D eigenvalue weighted by molar-refractivity contribution is 7.86. The normalized spacial score (nSPS) is 13.0. The standard InChI is InChI=1S/C27H39N5O6S.C21H30N6O4S/c1-5-6-13-21-31-23-24(19-11-7-8-12-20(19)30-25(23)28)32(21)15-10-9-14-29-26(34)18(17-39(35,36)37)16-22(33)38-27(2,3)4;1-2-3-10-17-26-18-19(14-8-4-5-9-16(14)25-20(18)23)27(17)12-7-6-11-24-21(28)15(22)13-32(29,30)31/h7-8,11-12,18H,5-6,9-10,13-17H2,1-4H3,(H2,28,30)(H,29,34)(H,35,36,37);4-5,8-9,15H,2-3,6-7,10-13,22H2,1H3,(H2,23,25)(H,24,28)(H,29,30,31)/t18-;15-/m00/s1. The number of carbonyl (C=O) groups is 3. The van der Waals surface area contributed by atoms with E-state index < -0.39 is 73.5 Å². The van der Waals surface area contributed by atoms with Gasteiger partial charge in [-0.1, -0.05) is 63.1 Å². The number of nitrogens with zero attached hydrogens (tertiary/aromatic N) is 6. The van der Waals surface area contributed by atoms with Crippen LogP contribution >= 0.6 is 0 Å². The van der Waals surface area contributed by atoms with Crippen LogP contribution in [-0.2, 0) is 65.3 Å². The van der Waals surface area contributed by atoms with Crippen molar-refractivity contribution in [2.24, 2.45) is 11.7 Å². The van der Waals surface area contributed by atoms with Gasteiger partial charge in [0, 0.05) is 49.8 Å². The fourth-order valence-electron chi connectivity index (χ4n) is 8.20. The van der Waals surface area contributed by atoms with Crippen molar-refractivity contribution in [2.45, 2.75) is 130 Å². The number of benzene rings is 2. The first kappa shape index (κ1) is 55.9. The second kappa shape index (κ2) is 24.9. The van der Waals surface area contributed by atoms with Crippen LogP contribution in [0.1, 0.15) is 104 Å². The van der Waals surface area contributed by atoms with Crippen LogP contribution in [0.3, 0.4) is 0 Å². The Labute approximate surface area is 414 Å². The molecule has 0 aliphatic carbocycles. The van der Waals surface area contributed by atoms with Gasteiger partial charge in [-0.3, -0.25) is 23.5 Å². The van der Waals surface area contributed by atoms with E-state index in [1.54, 1.807) is 20.8 Å². The second-order valence-electron chi connectivity index (χ2n) is 18.6. The number of carbonyl (C=O) groups excluding carboxylic acids is 3. The van der Waals surface area contributed by atoms with E-state index in [0.717, 1.165) is 89.4 Å². The number of ether oxygens (including phenoxy) is 1. The molecule has 0 bridgehead atoms. The van der Waals surface area contributed by atoms with Crippen LogP contribution in [0.15, 0.2) is 48.5 Å². The summed E-state index contributed by atoms with van der Waals surface area (Å²) < 4.78 is 72.3. The summed E-state index contributed by atoms with van der Waals surface area (Å²) in [5.41, 5.74) is 22.1. The Morgan fingerprint density at radius 3 is 1.52 bits per heavy atom. The van der Waals surface area contributed by atoms with Crippen LogP contribution in [0.2, 0.25) is 0 Å². The van der Waals surface area contributed by atoms with Gasteiger partial charge in [0.1, 0.15) is 34.3 Å². The van der Waals surface area contributed by atoms with Gasteiger partial charge in [0.2, 0.25) is 11.8 Å². The van der Waals surface area contributed by atoms with Crippen molar-refractivity contribution in [2.75, 3.05) is 36.1 Å². The Balaban J connectivity index is 0.000000269. The van der Waals surface area contributed by atoms with Crippen LogP contribution < -0.4 is 27.8 Å². The fourth-order valence-corrected chi connectivity index (χ4v) is 9.58. The quantitative estimate of drug-likeness (QED) is 0.0231. The molecular formula is C48H69N11O10S2. The number of unbranched alkanes of at least 4 members (excludes halogenated alkanes) is 4. The van der Waals surface area contributed by atoms with Gasteiger partial charge in [-0.05, 0) is 71.4 Å². The summed E-state index contributed by atoms with van der Waals surface area (Å²) >= 11 is 0. The Kier molecular flexibility index (Phi) is 19.6. The van der Waals surface area contributed by atoms with E-state index in [9.17, 15) is 35.8 Å². The van der Waals surface area contributed by atoms with Gasteiger partial charge in [0.15, 0.2) is 11.6 Å². The summed E-state index contributed by atoms with van der Waals surface area (Å²) in [5.74, 6) is -2.15.